The van der Waals surface area contributed by atoms with Gasteiger partial charge in [0.25, 0.3) is 0 Å². The van der Waals surface area contributed by atoms with Crippen molar-refractivity contribution in [1.29, 1.82) is 5.26 Å². The topological polar surface area (TPSA) is 117 Å². The van der Waals surface area contributed by atoms with E-state index in [2.05, 4.69) is 10.1 Å². The molecule has 1 aromatic carbocycles. The van der Waals surface area contributed by atoms with E-state index in [-0.39, 0.29) is 28.6 Å². The summed E-state index contributed by atoms with van der Waals surface area (Å²) in [5.74, 6) is -1.30. The Morgan fingerprint density at radius 1 is 1.29 bits per heavy atom. The quantitative estimate of drug-likeness (QED) is 0.598. The number of ether oxygens (including phenoxy) is 1. The second-order valence-corrected chi connectivity index (χ2v) is 12.4. The molecule has 192 valence electrons. The monoisotopic (exact) mass is 535 g/mol. The van der Waals surface area contributed by atoms with E-state index >= 15 is 0 Å². The lowest BCUT2D eigenvalue weighted by atomic mass is 9.94. The molecule has 1 N–H and O–H groups in total. The minimum atomic E-state index is -4.58. The van der Waals surface area contributed by atoms with Crippen molar-refractivity contribution < 1.29 is 35.9 Å². The van der Waals surface area contributed by atoms with Crippen LogP contribution in [0.3, 0.4) is 0 Å². The first-order valence-electron chi connectivity index (χ1n) is 10.8. The van der Waals surface area contributed by atoms with E-state index in [1.807, 2.05) is 6.07 Å². The maximum atomic E-state index is 13.4. The average molecular weight is 536 g/mol. The number of amides is 2. The van der Waals surface area contributed by atoms with Gasteiger partial charge in [0.1, 0.15) is 17.3 Å². The van der Waals surface area contributed by atoms with Crippen LogP contribution in [0, 0.1) is 16.7 Å². The fraction of sp³-hybridized carbons (Fsp3) is 0.591. The first kappa shape index (κ1) is 27.1. The first-order valence-corrected chi connectivity index (χ1v) is 12.7. The normalized spacial score (nSPS) is 21.8. The summed E-state index contributed by atoms with van der Waals surface area (Å²) < 4.78 is 68.6. The van der Waals surface area contributed by atoms with Crippen LogP contribution in [0.5, 0.6) is 5.75 Å². The van der Waals surface area contributed by atoms with Gasteiger partial charge in [-0.2, -0.15) is 18.4 Å². The Morgan fingerprint density at radius 2 is 1.91 bits per heavy atom. The molecule has 1 saturated heterocycles. The minimum Gasteiger partial charge on any atom is -0.484 e. The number of nitrogens with one attached hydrogen (secondary N) is 1. The number of benzene rings is 1. The Hall–Kier alpha value is -2.52. The van der Waals surface area contributed by atoms with Gasteiger partial charge in [0, 0.05) is 18.0 Å². The van der Waals surface area contributed by atoms with Crippen molar-refractivity contribution in [3.63, 3.8) is 0 Å². The Labute approximate surface area is 206 Å². The standard InChI is InChI=1S/C22H25ClF3N3O5S/c1-20(2,3)19(31)29-10-14(9-16(29)18(30)28-21(11-27)6-7-21)35(32,33)17-5-4-13(8-15(17)23)34-12-22(24,25)26/h4-5,8,14,16H,6-7,9-10,12H2,1-3H3,(H,28,30)/t14-,16+/m1/s1. The number of nitrogens with zero attached hydrogens (tertiary/aromatic N) is 2. The third kappa shape index (κ3) is 6.01. The SMILES string of the molecule is CC(C)(C)C(=O)N1C[C@H](S(=O)(=O)c2ccc(OCC(F)(F)F)cc2Cl)C[C@H]1C(=O)NC1(C#N)CC1. The van der Waals surface area contributed by atoms with Gasteiger partial charge in [0.2, 0.25) is 11.8 Å². The predicted molar refractivity (Wildman–Crippen MR) is 119 cm³/mol. The molecule has 8 nitrogen and oxygen atoms in total. The van der Waals surface area contributed by atoms with Gasteiger partial charge in [-0.1, -0.05) is 32.4 Å². The highest BCUT2D eigenvalue weighted by atomic mass is 35.5. The molecule has 1 aromatic rings. The van der Waals surface area contributed by atoms with Crippen molar-refractivity contribution in [2.75, 3.05) is 13.2 Å². The Kier molecular flexibility index (Phi) is 7.09. The summed E-state index contributed by atoms with van der Waals surface area (Å²) in [6, 6.07) is 3.99. The van der Waals surface area contributed by atoms with Crippen molar-refractivity contribution in [2.24, 2.45) is 5.41 Å². The van der Waals surface area contributed by atoms with Crippen molar-refractivity contribution in [3.8, 4) is 11.8 Å². The summed E-state index contributed by atoms with van der Waals surface area (Å²) in [7, 11) is -4.19. The largest absolute Gasteiger partial charge is 0.484 e. The third-order valence-corrected chi connectivity index (χ3v) is 8.46. The number of likely N-dealkylation sites (tertiary alicyclic amines) is 1. The summed E-state index contributed by atoms with van der Waals surface area (Å²) in [4.78, 5) is 26.9. The molecule has 0 radical (unpaired) electrons. The first-order chi connectivity index (χ1) is 16.0. The molecule has 0 aromatic heterocycles. The highest BCUT2D eigenvalue weighted by molar-refractivity contribution is 7.92. The lowest BCUT2D eigenvalue weighted by Crippen LogP contribution is -2.51. The predicted octanol–water partition coefficient (Wildman–Crippen LogP) is 3.24. The second kappa shape index (κ2) is 9.17. The van der Waals surface area contributed by atoms with Crippen LogP contribution < -0.4 is 10.1 Å². The van der Waals surface area contributed by atoms with Gasteiger partial charge in [-0.15, -0.1) is 0 Å². The molecule has 1 aliphatic carbocycles. The van der Waals surface area contributed by atoms with Gasteiger partial charge in [-0.25, -0.2) is 8.42 Å². The maximum Gasteiger partial charge on any atom is 0.422 e. The van der Waals surface area contributed by atoms with Crippen LogP contribution >= 0.6 is 11.6 Å². The van der Waals surface area contributed by atoms with E-state index in [4.69, 9.17) is 11.6 Å². The van der Waals surface area contributed by atoms with E-state index in [9.17, 15) is 36.4 Å². The van der Waals surface area contributed by atoms with Crippen molar-refractivity contribution in [1.82, 2.24) is 10.2 Å². The second-order valence-electron chi connectivity index (χ2n) is 9.81. The van der Waals surface area contributed by atoms with Crippen LogP contribution in [-0.2, 0) is 19.4 Å². The molecule has 0 spiro atoms. The van der Waals surface area contributed by atoms with Crippen LogP contribution in [0.15, 0.2) is 23.1 Å². The molecule has 0 unspecified atom stereocenters. The number of hydrogen-bond donors (Lipinski definition) is 1. The molecule has 2 atom stereocenters. The molecular formula is C22H25ClF3N3O5S. The lowest BCUT2D eigenvalue weighted by molar-refractivity contribution is -0.153. The zero-order valence-electron chi connectivity index (χ0n) is 19.3. The Morgan fingerprint density at radius 3 is 2.40 bits per heavy atom. The molecule has 1 heterocycles. The van der Waals surface area contributed by atoms with Crippen LogP contribution in [-0.4, -0.2) is 61.3 Å². The number of hydrogen-bond acceptors (Lipinski definition) is 6. The number of sulfone groups is 1. The van der Waals surface area contributed by atoms with Gasteiger partial charge in [-0.05, 0) is 31.4 Å². The van der Waals surface area contributed by atoms with E-state index < -0.39 is 56.7 Å². The third-order valence-electron chi connectivity index (χ3n) is 5.85. The van der Waals surface area contributed by atoms with Crippen LogP contribution in [0.1, 0.15) is 40.0 Å². The summed E-state index contributed by atoms with van der Waals surface area (Å²) in [5.41, 5.74) is -1.90. The van der Waals surface area contributed by atoms with E-state index in [0.717, 1.165) is 18.2 Å². The molecule has 0 bridgehead atoms. The fourth-order valence-corrected chi connectivity index (χ4v) is 6.01. The van der Waals surface area contributed by atoms with Crippen LogP contribution in [0.4, 0.5) is 13.2 Å². The Bertz CT molecular complexity index is 1170. The van der Waals surface area contributed by atoms with Crippen molar-refractivity contribution in [2.45, 2.75) is 67.9 Å². The molecule has 13 heteroatoms. The molecule has 2 fully saturated rings. The van der Waals surface area contributed by atoms with Gasteiger partial charge in [0.15, 0.2) is 16.4 Å². The summed E-state index contributed by atoms with van der Waals surface area (Å²) in [5, 5.41) is 10.4. The molecular weight excluding hydrogens is 511 g/mol. The molecule has 2 amide bonds. The highest BCUT2D eigenvalue weighted by Gasteiger charge is 2.51. The zero-order valence-corrected chi connectivity index (χ0v) is 20.9. The number of carbonyl (C=O) groups is 2. The fourth-order valence-electron chi connectivity index (χ4n) is 3.78. The molecule has 1 aliphatic heterocycles. The van der Waals surface area contributed by atoms with E-state index in [1.165, 1.54) is 4.90 Å². The molecule has 2 aliphatic rings. The van der Waals surface area contributed by atoms with E-state index in [1.54, 1.807) is 20.8 Å². The van der Waals surface area contributed by atoms with Gasteiger partial charge >= 0.3 is 6.18 Å². The summed E-state index contributed by atoms with van der Waals surface area (Å²) >= 11 is 6.09. The van der Waals surface area contributed by atoms with Gasteiger partial charge in [0.05, 0.1) is 21.2 Å². The molecule has 35 heavy (non-hydrogen) atoms. The van der Waals surface area contributed by atoms with E-state index in [0.29, 0.717) is 12.8 Å². The lowest BCUT2D eigenvalue weighted by Gasteiger charge is -2.30. The smallest absolute Gasteiger partial charge is 0.422 e. The number of halogens is 4. The minimum absolute atomic E-state index is 0.222. The Balaban J connectivity index is 1.87. The number of alkyl halides is 3. The molecule has 3 rings (SSSR count). The van der Waals surface area contributed by atoms with Crippen LogP contribution in [0.25, 0.3) is 0 Å². The maximum absolute atomic E-state index is 13.4. The van der Waals surface area contributed by atoms with Gasteiger partial charge < -0.3 is 15.0 Å². The zero-order chi connectivity index (χ0) is 26.4. The summed E-state index contributed by atoms with van der Waals surface area (Å²) in [6.07, 6.45) is -3.87. The average Bonchev–Trinajstić information content (AvgIpc) is 3.35. The van der Waals surface area contributed by atoms with Gasteiger partial charge in [-0.3, -0.25) is 9.59 Å². The number of rotatable bonds is 6. The van der Waals surface area contributed by atoms with Crippen LogP contribution in [0.2, 0.25) is 5.02 Å². The van der Waals surface area contributed by atoms with Crippen molar-refractivity contribution in [3.05, 3.63) is 23.2 Å². The molecule has 1 saturated carbocycles. The number of carbonyl (C=O) groups excluding carboxylic acids is 2. The highest BCUT2D eigenvalue weighted by Crippen LogP contribution is 2.38. The number of nitriles is 1. The summed E-state index contributed by atoms with van der Waals surface area (Å²) in [6.45, 7) is 3.07. The van der Waals surface area contributed by atoms with Crippen molar-refractivity contribution >= 4 is 33.3 Å².